The van der Waals surface area contributed by atoms with Crippen LogP contribution < -0.4 is 4.74 Å². The van der Waals surface area contributed by atoms with Crippen molar-refractivity contribution in [3.05, 3.63) is 28.2 Å². The van der Waals surface area contributed by atoms with Gasteiger partial charge in [-0.2, -0.15) is 0 Å². The van der Waals surface area contributed by atoms with Gasteiger partial charge in [-0.15, -0.1) is 0 Å². The second-order valence-corrected chi connectivity index (χ2v) is 5.54. The number of hydrogen-bond acceptors (Lipinski definition) is 2. The van der Waals surface area contributed by atoms with Gasteiger partial charge in [0, 0.05) is 6.54 Å². The molecule has 1 aliphatic rings. The van der Waals surface area contributed by atoms with Gasteiger partial charge in [0.2, 0.25) is 0 Å². The third kappa shape index (κ3) is 4.00. The van der Waals surface area contributed by atoms with Crippen molar-refractivity contribution in [3.63, 3.8) is 0 Å². The molecule has 0 N–H and O–H groups in total. The van der Waals surface area contributed by atoms with Gasteiger partial charge in [-0.25, -0.2) is 0 Å². The number of rotatable bonds is 5. The van der Waals surface area contributed by atoms with Crippen molar-refractivity contribution in [2.24, 2.45) is 0 Å². The molecule has 0 amide bonds. The van der Waals surface area contributed by atoms with Crippen molar-refractivity contribution < 1.29 is 4.74 Å². The molecular formula is C14H20BrNO. The first kappa shape index (κ1) is 12.9. The van der Waals surface area contributed by atoms with Crippen LogP contribution in [0.25, 0.3) is 0 Å². The Morgan fingerprint density at radius 1 is 1.29 bits per heavy atom. The van der Waals surface area contributed by atoms with E-state index in [9.17, 15) is 0 Å². The zero-order chi connectivity index (χ0) is 12.1. The Morgan fingerprint density at radius 3 is 2.76 bits per heavy atom. The molecule has 0 atom stereocenters. The summed E-state index contributed by atoms with van der Waals surface area (Å²) < 4.78 is 6.83. The van der Waals surface area contributed by atoms with Gasteiger partial charge in [0.25, 0.3) is 0 Å². The van der Waals surface area contributed by atoms with Crippen LogP contribution in [0.4, 0.5) is 0 Å². The van der Waals surface area contributed by atoms with Crippen LogP contribution in [0.15, 0.2) is 22.7 Å². The lowest BCUT2D eigenvalue weighted by Crippen LogP contribution is -2.21. The Balaban J connectivity index is 1.70. The Labute approximate surface area is 112 Å². The molecule has 0 radical (unpaired) electrons. The predicted octanol–water partition coefficient (Wildman–Crippen LogP) is 3.62. The number of likely N-dealkylation sites (tertiary alicyclic amines) is 1. The van der Waals surface area contributed by atoms with E-state index in [0.29, 0.717) is 0 Å². The van der Waals surface area contributed by atoms with E-state index in [1.54, 1.807) is 0 Å². The average molecular weight is 298 g/mol. The Bertz CT molecular complexity index is 361. The quantitative estimate of drug-likeness (QED) is 0.770. The van der Waals surface area contributed by atoms with Crippen molar-refractivity contribution in [1.29, 1.82) is 0 Å². The third-order valence-electron chi connectivity index (χ3n) is 3.16. The largest absolute Gasteiger partial charge is 0.492 e. The van der Waals surface area contributed by atoms with E-state index in [1.807, 2.05) is 6.07 Å². The monoisotopic (exact) mass is 297 g/mol. The molecule has 0 aromatic heterocycles. The van der Waals surface area contributed by atoms with E-state index in [-0.39, 0.29) is 0 Å². The minimum Gasteiger partial charge on any atom is -0.492 e. The van der Waals surface area contributed by atoms with Crippen LogP contribution >= 0.6 is 15.9 Å². The van der Waals surface area contributed by atoms with Gasteiger partial charge in [-0.3, -0.25) is 0 Å². The maximum atomic E-state index is 5.78. The highest BCUT2D eigenvalue weighted by Crippen LogP contribution is 2.25. The zero-order valence-corrected chi connectivity index (χ0v) is 12.0. The summed E-state index contributed by atoms with van der Waals surface area (Å²) >= 11 is 3.53. The van der Waals surface area contributed by atoms with Crippen LogP contribution in [0.1, 0.15) is 24.8 Å². The number of halogens is 1. The molecule has 0 aliphatic carbocycles. The molecule has 1 aromatic rings. The molecule has 17 heavy (non-hydrogen) atoms. The number of benzene rings is 1. The topological polar surface area (TPSA) is 12.5 Å². The third-order valence-corrected chi connectivity index (χ3v) is 3.78. The molecule has 94 valence electrons. The molecular weight excluding hydrogens is 278 g/mol. The summed E-state index contributed by atoms with van der Waals surface area (Å²) in [5.74, 6) is 0.956. The van der Waals surface area contributed by atoms with E-state index in [1.165, 1.54) is 38.0 Å². The highest BCUT2D eigenvalue weighted by Gasteiger charge is 2.10. The fourth-order valence-electron chi connectivity index (χ4n) is 2.20. The lowest BCUT2D eigenvalue weighted by molar-refractivity contribution is 0.262. The molecule has 3 heteroatoms. The molecule has 1 aromatic carbocycles. The maximum absolute atomic E-state index is 5.78. The standard InChI is InChI=1S/C14H20BrNO/c1-12-5-6-14(13(15)11-12)17-10-4-9-16-7-2-3-8-16/h5-6,11H,2-4,7-10H2,1H3. The second kappa shape index (κ2) is 6.41. The lowest BCUT2D eigenvalue weighted by atomic mass is 10.2. The zero-order valence-electron chi connectivity index (χ0n) is 10.4. The normalized spacial score (nSPS) is 16.4. The van der Waals surface area contributed by atoms with Crippen LogP contribution in [0.2, 0.25) is 0 Å². The lowest BCUT2D eigenvalue weighted by Gasteiger charge is -2.14. The van der Waals surface area contributed by atoms with Crippen molar-refractivity contribution >= 4 is 15.9 Å². The first-order chi connectivity index (χ1) is 8.25. The molecule has 0 unspecified atom stereocenters. The fourth-order valence-corrected chi connectivity index (χ4v) is 2.81. The Kier molecular flexibility index (Phi) is 4.86. The molecule has 2 rings (SSSR count). The minimum absolute atomic E-state index is 0.804. The first-order valence-electron chi connectivity index (χ1n) is 6.37. The summed E-state index contributed by atoms with van der Waals surface area (Å²) in [7, 11) is 0. The second-order valence-electron chi connectivity index (χ2n) is 4.68. The van der Waals surface area contributed by atoms with Gasteiger partial charge in [-0.1, -0.05) is 6.07 Å². The highest BCUT2D eigenvalue weighted by molar-refractivity contribution is 9.10. The van der Waals surface area contributed by atoms with Crippen molar-refractivity contribution in [1.82, 2.24) is 4.90 Å². The summed E-state index contributed by atoms with van der Waals surface area (Å²) in [6.07, 6.45) is 3.84. The van der Waals surface area contributed by atoms with Crippen LogP contribution in [-0.4, -0.2) is 31.1 Å². The van der Waals surface area contributed by atoms with Gasteiger partial charge in [0.1, 0.15) is 5.75 Å². The van der Waals surface area contributed by atoms with Crippen molar-refractivity contribution in [2.45, 2.75) is 26.2 Å². The summed E-state index contributed by atoms with van der Waals surface area (Å²) in [5, 5.41) is 0. The van der Waals surface area contributed by atoms with Gasteiger partial charge in [0.05, 0.1) is 11.1 Å². The fraction of sp³-hybridized carbons (Fsp3) is 0.571. The molecule has 1 aliphatic heterocycles. The van der Waals surface area contributed by atoms with Crippen molar-refractivity contribution in [3.8, 4) is 5.75 Å². The smallest absolute Gasteiger partial charge is 0.133 e. The summed E-state index contributed by atoms with van der Waals surface area (Å²) in [5.41, 5.74) is 1.25. The van der Waals surface area contributed by atoms with Gasteiger partial charge in [0.15, 0.2) is 0 Å². The molecule has 1 fully saturated rings. The Hall–Kier alpha value is -0.540. The van der Waals surface area contributed by atoms with E-state index in [0.717, 1.165) is 23.2 Å². The van der Waals surface area contributed by atoms with Gasteiger partial charge < -0.3 is 9.64 Å². The van der Waals surface area contributed by atoms with E-state index >= 15 is 0 Å². The molecule has 1 heterocycles. The van der Waals surface area contributed by atoms with Crippen LogP contribution in [0.3, 0.4) is 0 Å². The number of hydrogen-bond donors (Lipinski definition) is 0. The van der Waals surface area contributed by atoms with E-state index < -0.39 is 0 Å². The minimum atomic E-state index is 0.804. The summed E-state index contributed by atoms with van der Waals surface area (Å²) in [6.45, 7) is 6.60. The molecule has 0 saturated carbocycles. The van der Waals surface area contributed by atoms with E-state index in [4.69, 9.17) is 4.74 Å². The average Bonchev–Trinajstić information content (AvgIpc) is 2.79. The summed E-state index contributed by atoms with van der Waals surface area (Å²) in [6, 6.07) is 6.21. The number of ether oxygens (including phenoxy) is 1. The first-order valence-corrected chi connectivity index (χ1v) is 7.16. The van der Waals surface area contributed by atoms with Gasteiger partial charge in [-0.05, 0) is 72.9 Å². The van der Waals surface area contributed by atoms with E-state index in [2.05, 4.69) is 39.9 Å². The highest BCUT2D eigenvalue weighted by atomic mass is 79.9. The van der Waals surface area contributed by atoms with Crippen LogP contribution in [0, 0.1) is 6.92 Å². The Morgan fingerprint density at radius 2 is 2.06 bits per heavy atom. The SMILES string of the molecule is Cc1ccc(OCCCN2CCCC2)c(Br)c1. The van der Waals surface area contributed by atoms with Crippen LogP contribution in [0.5, 0.6) is 5.75 Å². The molecule has 0 spiro atoms. The van der Waals surface area contributed by atoms with Crippen molar-refractivity contribution in [2.75, 3.05) is 26.2 Å². The maximum Gasteiger partial charge on any atom is 0.133 e. The number of nitrogens with zero attached hydrogens (tertiary/aromatic N) is 1. The van der Waals surface area contributed by atoms with Gasteiger partial charge >= 0.3 is 0 Å². The molecule has 1 saturated heterocycles. The molecule has 2 nitrogen and oxygen atoms in total. The predicted molar refractivity (Wildman–Crippen MR) is 74.7 cm³/mol. The summed E-state index contributed by atoms with van der Waals surface area (Å²) in [4.78, 5) is 2.52. The number of aryl methyl sites for hydroxylation is 1. The molecule has 0 bridgehead atoms. The van der Waals surface area contributed by atoms with Crippen LogP contribution in [-0.2, 0) is 0 Å².